The first kappa shape index (κ1) is 25.5. The fourth-order valence-corrected chi connectivity index (χ4v) is 6.25. The molecule has 2 aromatic carbocycles. The molecular formula is C29H30N2O7. The molecule has 198 valence electrons. The van der Waals surface area contributed by atoms with E-state index in [4.69, 9.17) is 5.73 Å². The monoisotopic (exact) mass is 518 g/mol. The van der Waals surface area contributed by atoms with E-state index in [1.807, 2.05) is 56.3 Å². The van der Waals surface area contributed by atoms with Gasteiger partial charge in [0.05, 0.1) is 5.56 Å². The quantitative estimate of drug-likeness (QED) is 0.386. The minimum atomic E-state index is -2.58. The van der Waals surface area contributed by atoms with Crippen LogP contribution in [0.4, 0.5) is 5.69 Å². The number of ketones is 2. The van der Waals surface area contributed by atoms with Gasteiger partial charge in [-0.05, 0) is 47.9 Å². The van der Waals surface area contributed by atoms with Crippen LogP contribution in [0.15, 0.2) is 47.2 Å². The van der Waals surface area contributed by atoms with Gasteiger partial charge in [0.2, 0.25) is 5.78 Å². The van der Waals surface area contributed by atoms with Crippen molar-refractivity contribution in [2.75, 3.05) is 19.0 Å². The summed E-state index contributed by atoms with van der Waals surface area (Å²) >= 11 is 0. The van der Waals surface area contributed by atoms with Crippen LogP contribution >= 0.6 is 0 Å². The summed E-state index contributed by atoms with van der Waals surface area (Å²) < 4.78 is 0. The Kier molecular flexibility index (Phi) is 5.87. The zero-order valence-electron chi connectivity index (χ0n) is 21.4. The van der Waals surface area contributed by atoms with Crippen molar-refractivity contribution in [2.45, 2.75) is 38.2 Å². The van der Waals surface area contributed by atoms with Gasteiger partial charge >= 0.3 is 0 Å². The summed E-state index contributed by atoms with van der Waals surface area (Å²) in [6.45, 7) is 2.02. The van der Waals surface area contributed by atoms with Crippen LogP contribution in [0.1, 0.15) is 36.5 Å². The number of hydrogen-bond donors (Lipinski definition) is 5. The van der Waals surface area contributed by atoms with Gasteiger partial charge in [0.25, 0.3) is 5.91 Å². The highest BCUT2D eigenvalue weighted by molar-refractivity contribution is 6.22. The van der Waals surface area contributed by atoms with E-state index in [0.29, 0.717) is 11.1 Å². The fourth-order valence-electron chi connectivity index (χ4n) is 6.25. The average Bonchev–Trinajstić information content (AvgIpc) is 2.86. The van der Waals surface area contributed by atoms with Crippen molar-refractivity contribution >= 4 is 28.9 Å². The molecule has 5 rings (SSSR count). The normalized spacial score (nSPS) is 24.6. The maximum absolute atomic E-state index is 13.8. The molecule has 3 atom stereocenters. The molecule has 0 saturated heterocycles. The number of amides is 1. The number of benzene rings is 2. The van der Waals surface area contributed by atoms with Gasteiger partial charge in [-0.1, -0.05) is 31.2 Å². The number of primary amides is 1. The lowest BCUT2D eigenvalue weighted by atomic mass is 9.59. The number of Topliss-reactive ketones (excluding diaryl/α,β-unsaturated/α-hetero) is 2. The van der Waals surface area contributed by atoms with E-state index in [9.17, 15) is 34.8 Å². The number of carbonyl (C=O) groups excluding carboxylic acids is 3. The lowest BCUT2D eigenvalue weighted by Crippen LogP contribution is -2.58. The molecule has 1 fully saturated rings. The van der Waals surface area contributed by atoms with E-state index >= 15 is 0 Å². The van der Waals surface area contributed by atoms with Crippen molar-refractivity contribution in [3.8, 4) is 16.9 Å². The number of phenolic OH excluding ortho intramolecular Hbond substituents is 1. The highest BCUT2D eigenvalue weighted by atomic mass is 16.3. The van der Waals surface area contributed by atoms with Crippen LogP contribution in [0.25, 0.3) is 16.9 Å². The molecule has 0 aromatic heterocycles. The Morgan fingerprint density at radius 3 is 2.47 bits per heavy atom. The number of aromatic hydroxyl groups is 1. The molecule has 2 aromatic rings. The molecule has 9 nitrogen and oxygen atoms in total. The summed E-state index contributed by atoms with van der Waals surface area (Å²) in [7, 11) is 3.68. The zero-order chi connectivity index (χ0) is 27.7. The zero-order valence-corrected chi connectivity index (χ0v) is 21.4. The molecule has 1 saturated carbocycles. The Bertz CT molecular complexity index is 1490. The Morgan fingerprint density at radius 1 is 1.13 bits per heavy atom. The highest BCUT2D eigenvalue weighted by Crippen LogP contribution is 2.54. The predicted octanol–water partition coefficient (Wildman–Crippen LogP) is 2.72. The van der Waals surface area contributed by atoms with Crippen LogP contribution in [-0.4, -0.2) is 57.6 Å². The van der Waals surface area contributed by atoms with Gasteiger partial charge < -0.3 is 31.1 Å². The SMILES string of the molecule is CCc1cccc(-c2cc(N(C)C)c3c(c2O)C(O)=C2C(=O)[C@]4(O)C(O)=C(C(N)=O)C(=O)C[C@@H]4C[C@@H]2C3)c1. The standard InChI is InChI=1S/C29H30N2O7/c1-4-13-6-5-7-14(8-13)17-12-19(31(2)3)18-10-15-9-16-11-20(32)23(28(30)37)27(36)29(16,38)26(35)21(15)25(34)22(18)24(17)33/h5-8,12,15-16,33-34,36,38H,4,9-11H2,1-3H3,(H2,30,37)/t15-,16+,29+/m1/s1. The number of carbonyl (C=O) groups is 3. The Labute approximate surface area is 219 Å². The number of nitrogens with two attached hydrogens (primary N) is 1. The average molecular weight is 519 g/mol. The van der Waals surface area contributed by atoms with E-state index in [-0.39, 0.29) is 36.1 Å². The number of aliphatic hydroxyl groups is 3. The van der Waals surface area contributed by atoms with Gasteiger partial charge in [-0.2, -0.15) is 0 Å². The van der Waals surface area contributed by atoms with Crippen molar-refractivity contribution in [2.24, 2.45) is 17.6 Å². The van der Waals surface area contributed by atoms with Crippen LogP contribution in [-0.2, 0) is 27.2 Å². The Morgan fingerprint density at radius 2 is 1.84 bits per heavy atom. The van der Waals surface area contributed by atoms with Crippen molar-refractivity contribution in [3.05, 3.63) is 63.9 Å². The number of fused-ring (bicyclic) bond motifs is 3. The van der Waals surface area contributed by atoms with Crippen molar-refractivity contribution < 1.29 is 34.8 Å². The summed E-state index contributed by atoms with van der Waals surface area (Å²) in [5.41, 5.74) is 5.44. The number of anilines is 1. The largest absolute Gasteiger partial charge is 0.508 e. The van der Waals surface area contributed by atoms with E-state index in [0.717, 1.165) is 23.2 Å². The van der Waals surface area contributed by atoms with Crippen molar-refractivity contribution in [1.82, 2.24) is 0 Å². The molecule has 0 spiro atoms. The Balaban J connectivity index is 1.75. The third-order valence-corrected chi connectivity index (χ3v) is 8.17. The number of aryl methyl sites for hydroxylation is 1. The number of hydrogen-bond acceptors (Lipinski definition) is 8. The molecule has 0 heterocycles. The number of phenols is 1. The van der Waals surface area contributed by atoms with E-state index in [1.165, 1.54) is 0 Å². The van der Waals surface area contributed by atoms with Crippen LogP contribution in [0, 0.1) is 11.8 Å². The first-order valence-electron chi connectivity index (χ1n) is 12.5. The second-order valence-corrected chi connectivity index (χ2v) is 10.5. The molecule has 38 heavy (non-hydrogen) atoms. The van der Waals surface area contributed by atoms with E-state index in [1.54, 1.807) is 0 Å². The summed E-state index contributed by atoms with van der Waals surface area (Å²) in [4.78, 5) is 40.0. The van der Waals surface area contributed by atoms with Crippen LogP contribution < -0.4 is 10.6 Å². The third kappa shape index (κ3) is 3.45. The summed E-state index contributed by atoms with van der Waals surface area (Å²) in [6.07, 6.45) is 0.792. The van der Waals surface area contributed by atoms with Crippen LogP contribution in [0.2, 0.25) is 0 Å². The highest BCUT2D eigenvalue weighted by Gasteiger charge is 2.60. The second-order valence-electron chi connectivity index (χ2n) is 10.5. The van der Waals surface area contributed by atoms with Gasteiger partial charge in [-0.3, -0.25) is 14.4 Å². The van der Waals surface area contributed by atoms with Gasteiger partial charge in [0.1, 0.15) is 22.8 Å². The number of nitrogens with zero attached hydrogens (tertiary/aromatic N) is 1. The van der Waals surface area contributed by atoms with Gasteiger partial charge in [0.15, 0.2) is 11.4 Å². The Hall–Kier alpha value is -4.11. The smallest absolute Gasteiger partial charge is 0.255 e. The maximum atomic E-state index is 13.8. The number of aliphatic hydroxyl groups excluding tert-OH is 2. The first-order valence-corrected chi connectivity index (χ1v) is 12.5. The molecule has 0 unspecified atom stereocenters. The fraction of sp³-hybridized carbons (Fsp3) is 0.345. The molecule has 1 amide bonds. The molecule has 3 aliphatic rings. The van der Waals surface area contributed by atoms with E-state index < -0.39 is 52.0 Å². The lowest BCUT2D eigenvalue weighted by molar-refractivity contribution is -0.147. The van der Waals surface area contributed by atoms with Crippen LogP contribution in [0.5, 0.6) is 5.75 Å². The maximum Gasteiger partial charge on any atom is 0.255 e. The molecular weight excluding hydrogens is 488 g/mol. The minimum absolute atomic E-state index is 0.0835. The molecule has 9 heteroatoms. The van der Waals surface area contributed by atoms with Gasteiger partial charge in [0, 0.05) is 43.3 Å². The molecule has 3 aliphatic carbocycles. The van der Waals surface area contributed by atoms with Gasteiger partial charge in [-0.15, -0.1) is 0 Å². The third-order valence-electron chi connectivity index (χ3n) is 8.17. The van der Waals surface area contributed by atoms with Crippen molar-refractivity contribution in [1.29, 1.82) is 0 Å². The second kappa shape index (κ2) is 8.73. The van der Waals surface area contributed by atoms with E-state index in [2.05, 4.69) is 0 Å². The van der Waals surface area contributed by atoms with Crippen molar-refractivity contribution in [3.63, 3.8) is 0 Å². The first-order chi connectivity index (χ1) is 17.9. The molecule has 0 aliphatic heterocycles. The summed E-state index contributed by atoms with van der Waals surface area (Å²) in [5.74, 6) is -6.35. The topological polar surface area (TPSA) is 161 Å². The van der Waals surface area contributed by atoms with Crippen LogP contribution in [0.3, 0.4) is 0 Å². The lowest BCUT2D eigenvalue weighted by Gasteiger charge is -2.46. The molecule has 6 N–H and O–H groups in total. The summed E-state index contributed by atoms with van der Waals surface area (Å²) in [5, 5.41) is 45.2. The number of rotatable bonds is 4. The summed E-state index contributed by atoms with van der Waals surface area (Å²) in [6, 6.07) is 9.50. The molecule has 0 bridgehead atoms. The molecule has 0 radical (unpaired) electrons. The predicted molar refractivity (Wildman–Crippen MR) is 141 cm³/mol. The minimum Gasteiger partial charge on any atom is -0.508 e. The van der Waals surface area contributed by atoms with Gasteiger partial charge in [-0.25, -0.2) is 0 Å².